The molecule has 0 radical (unpaired) electrons. The highest BCUT2D eigenvalue weighted by Gasteiger charge is 2.33. The molecule has 2 aliphatic carbocycles. The molecule has 0 amide bonds. The Bertz CT molecular complexity index is 2600. The topological polar surface area (TPSA) is 83.5 Å². The molecule has 0 bridgehead atoms. The van der Waals surface area contributed by atoms with Gasteiger partial charge in [0.05, 0.1) is 5.56 Å². The van der Waals surface area contributed by atoms with Gasteiger partial charge >= 0.3 is 5.97 Å². The van der Waals surface area contributed by atoms with Gasteiger partial charge in [0.2, 0.25) is 17.4 Å². The molecule has 0 aliphatic heterocycles. The van der Waals surface area contributed by atoms with Crippen molar-refractivity contribution in [3.63, 3.8) is 0 Å². The van der Waals surface area contributed by atoms with E-state index in [0.29, 0.717) is 28.7 Å². The number of hydrogen-bond donors (Lipinski definition) is 0. The standard InChI is InChI=1S/C39H22F4O5S/c40-33-35(42)38(49(45,46)47)36(43)34(41)37(33)48-39(44)32-26(25-18-23-11-2-6-20-7-3-12-24(19-25)30(20)23)13-5-15-29(32)27-17-16-22-9-1-8-21-10-4-14-28(27)31(21)22/h1-6,8-9,11-19H,7,10H2,(H,45,46,47)/p-1. The second-order valence-electron chi connectivity index (χ2n) is 11.8. The van der Waals surface area contributed by atoms with Gasteiger partial charge < -0.3 is 9.29 Å². The molecule has 6 aromatic carbocycles. The SMILES string of the molecule is O=C(Oc1c(F)c(F)c(S(=O)(=O)[O-])c(F)c1F)c1c(-c2cc3c4c(cccc4c2)CC=C3)cccc1-c1ccc2cccc3c2c1C=CC3. The Kier molecular flexibility index (Phi) is 7.06. The van der Waals surface area contributed by atoms with Crippen molar-refractivity contribution in [2.24, 2.45) is 0 Å². The highest BCUT2D eigenvalue weighted by Crippen LogP contribution is 2.42. The Balaban J connectivity index is 1.38. The van der Waals surface area contributed by atoms with Crippen LogP contribution >= 0.6 is 0 Å². The van der Waals surface area contributed by atoms with Crippen LogP contribution in [0.5, 0.6) is 5.75 Å². The first-order valence-electron chi connectivity index (χ1n) is 15.1. The third kappa shape index (κ3) is 4.86. The van der Waals surface area contributed by atoms with E-state index in [9.17, 15) is 26.5 Å². The largest absolute Gasteiger partial charge is 0.744 e. The predicted octanol–water partition coefficient (Wildman–Crippen LogP) is 9.15. The van der Waals surface area contributed by atoms with Gasteiger partial charge in [-0.25, -0.2) is 22.0 Å². The molecule has 0 N–H and O–H groups in total. The van der Waals surface area contributed by atoms with E-state index >= 15 is 8.78 Å². The number of carbonyl (C=O) groups excluding carboxylic acids is 1. The van der Waals surface area contributed by atoms with E-state index in [1.54, 1.807) is 24.3 Å². The summed E-state index contributed by atoms with van der Waals surface area (Å²) >= 11 is 0. The van der Waals surface area contributed by atoms with Crippen LogP contribution in [0.15, 0.2) is 95.9 Å². The second kappa shape index (κ2) is 11.3. The van der Waals surface area contributed by atoms with E-state index in [2.05, 4.69) is 0 Å². The van der Waals surface area contributed by atoms with Gasteiger partial charge in [-0.1, -0.05) is 91.0 Å². The van der Waals surface area contributed by atoms with Crippen LogP contribution in [0.2, 0.25) is 0 Å². The van der Waals surface area contributed by atoms with Crippen molar-refractivity contribution in [1.29, 1.82) is 0 Å². The van der Waals surface area contributed by atoms with E-state index in [1.807, 2.05) is 78.9 Å². The minimum Gasteiger partial charge on any atom is -0.744 e. The Morgan fingerprint density at radius 1 is 0.673 bits per heavy atom. The lowest BCUT2D eigenvalue weighted by atomic mass is 9.84. The Labute approximate surface area is 277 Å². The first-order chi connectivity index (χ1) is 23.5. The molecular weight excluding hydrogens is 656 g/mol. The van der Waals surface area contributed by atoms with Gasteiger partial charge in [-0.15, -0.1) is 0 Å². The molecule has 0 saturated carbocycles. The number of esters is 1. The summed E-state index contributed by atoms with van der Waals surface area (Å²) < 4.78 is 99.1. The zero-order valence-electron chi connectivity index (χ0n) is 25.2. The summed E-state index contributed by atoms with van der Waals surface area (Å²) in [5.74, 6) is -12.9. The minimum atomic E-state index is -5.97. The highest BCUT2D eigenvalue weighted by molar-refractivity contribution is 7.85. The van der Waals surface area contributed by atoms with E-state index < -0.39 is 50.0 Å². The van der Waals surface area contributed by atoms with Crippen molar-refractivity contribution in [3.8, 4) is 28.0 Å². The Morgan fingerprint density at radius 3 is 2.02 bits per heavy atom. The van der Waals surface area contributed by atoms with Crippen LogP contribution < -0.4 is 4.74 Å². The zero-order valence-corrected chi connectivity index (χ0v) is 26.0. The average molecular weight is 678 g/mol. The monoisotopic (exact) mass is 677 g/mol. The fourth-order valence-corrected chi connectivity index (χ4v) is 7.58. The smallest absolute Gasteiger partial charge is 0.345 e. The maximum absolute atomic E-state index is 15.1. The zero-order chi connectivity index (χ0) is 34.2. The lowest BCUT2D eigenvalue weighted by Crippen LogP contribution is -2.17. The van der Waals surface area contributed by atoms with E-state index in [0.717, 1.165) is 50.2 Å². The predicted molar refractivity (Wildman–Crippen MR) is 177 cm³/mol. The normalized spacial score (nSPS) is 13.3. The molecule has 2 aliphatic rings. The van der Waals surface area contributed by atoms with E-state index in [4.69, 9.17) is 4.74 Å². The first kappa shape index (κ1) is 30.7. The van der Waals surface area contributed by atoms with Crippen LogP contribution in [-0.2, 0) is 23.0 Å². The molecule has 10 heteroatoms. The third-order valence-electron chi connectivity index (χ3n) is 9.02. The van der Waals surface area contributed by atoms with Crippen LogP contribution in [0.4, 0.5) is 17.6 Å². The molecule has 0 aromatic heterocycles. The molecule has 6 aromatic rings. The van der Waals surface area contributed by atoms with Gasteiger partial charge in [0, 0.05) is 0 Å². The average Bonchev–Trinajstić information content (AvgIpc) is 3.09. The van der Waals surface area contributed by atoms with Gasteiger partial charge in [0.1, 0.15) is 15.0 Å². The fourth-order valence-electron chi connectivity index (χ4n) is 6.96. The highest BCUT2D eigenvalue weighted by atomic mass is 32.2. The number of rotatable bonds is 5. The maximum atomic E-state index is 15.1. The summed E-state index contributed by atoms with van der Waals surface area (Å²) in [5, 5.41) is 3.83. The molecule has 242 valence electrons. The molecule has 0 spiro atoms. The number of allylic oxidation sites excluding steroid dienone is 2. The van der Waals surface area contributed by atoms with Gasteiger partial charge in [0.15, 0.2) is 11.6 Å². The number of hydrogen-bond acceptors (Lipinski definition) is 5. The number of halogens is 4. The van der Waals surface area contributed by atoms with Gasteiger partial charge in [-0.2, -0.15) is 8.78 Å². The molecule has 0 atom stereocenters. The van der Waals surface area contributed by atoms with Crippen LogP contribution in [0.1, 0.15) is 32.6 Å². The summed E-state index contributed by atoms with van der Waals surface area (Å²) in [6.07, 6.45) is 9.29. The van der Waals surface area contributed by atoms with Crippen LogP contribution in [-0.4, -0.2) is 18.9 Å². The van der Waals surface area contributed by atoms with Crippen molar-refractivity contribution >= 4 is 49.8 Å². The fraction of sp³-hybridized carbons (Fsp3) is 0.0513. The Morgan fingerprint density at radius 2 is 1.31 bits per heavy atom. The summed E-state index contributed by atoms with van der Waals surface area (Å²) in [7, 11) is -5.97. The molecular formula is C39H21F4O5S-. The van der Waals surface area contributed by atoms with Crippen molar-refractivity contribution in [2.75, 3.05) is 0 Å². The lowest BCUT2D eigenvalue weighted by Gasteiger charge is -2.21. The summed E-state index contributed by atoms with van der Waals surface area (Å²) in [5.41, 5.74) is 5.40. The lowest BCUT2D eigenvalue weighted by molar-refractivity contribution is 0.0718. The van der Waals surface area contributed by atoms with Crippen molar-refractivity contribution < 1.29 is 40.1 Å². The number of benzene rings is 6. The van der Waals surface area contributed by atoms with Crippen LogP contribution in [0.25, 0.3) is 56.0 Å². The van der Waals surface area contributed by atoms with E-state index in [1.165, 1.54) is 0 Å². The van der Waals surface area contributed by atoms with Crippen molar-refractivity contribution in [3.05, 3.63) is 142 Å². The summed E-state index contributed by atoms with van der Waals surface area (Å²) in [6.45, 7) is 0. The van der Waals surface area contributed by atoms with Crippen LogP contribution in [0, 0.1) is 23.3 Å². The van der Waals surface area contributed by atoms with E-state index in [-0.39, 0.29) is 5.56 Å². The third-order valence-corrected chi connectivity index (χ3v) is 9.88. The molecule has 0 saturated heterocycles. The minimum absolute atomic E-state index is 0.169. The number of ether oxygens (including phenoxy) is 1. The van der Waals surface area contributed by atoms with Crippen molar-refractivity contribution in [1.82, 2.24) is 0 Å². The Hall–Kier alpha value is -5.58. The molecule has 5 nitrogen and oxygen atoms in total. The van der Waals surface area contributed by atoms with Crippen LogP contribution in [0.3, 0.4) is 0 Å². The molecule has 0 heterocycles. The first-order valence-corrected chi connectivity index (χ1v) is 16.5. The second-order valence-corrected chi connectivity index (χ2v) is 13.1. The quantitative estimate of drug-likeness (QED) is 0.0598. The molecule has 49 heavy (non-hydrogen) atoms. The molecule has 0 unspecified atom stereocenters. The summed E-state index contributed by atoms with van der Waals surface area (Å²) in [4.78, 5) is 11.9. The molecule has 8 rings (SSSR count). The summed E-state index contributed by atoms with van der Waals surface area (Å²) in [6, 6.07) is 24.2. The van der Waals surface area contributed by atoms with Gasteiger partial charge in [-0.3, -0.25) is 0 Å². The maximum Gasteiger partial charge on any atom is 0.345 e. The number of carbonyl (C=O) groups is 1. The van der Waals surface area contributed by atoms with Gasteiger partial charge in [0.25, 0.3) is 0 Å². The molecule has 0 fully saturated rings. The van der Waals surface area contributed by atoms with Crippen molar-refractivity contribution in [2.45, 2.75) is 17.7 Å². The van der Waals surface area contributed by atoms with Gasteiger partial charge in [-0.05, 0) is 91.0 Å².